The molecule has 0 aliphatic carbocycles. The van der Waals surface area contributed by atoms with Gasteiger partial charge in [0.1, 0.15) is 11.6 Å². The number of benzene rings is 2. The normalized spacial score (nSPS) is 10.4. The van der Waals surface area contributed by atoms with E-state index in [-0.39, 0.29) is 24.6 Å². The summed E-state index contributed by atoms with van der Waals surface area (Å²) in [6, 6.07) is 10.4. The number of nitrogens with one attached hydrogen (secondary N) is 2. The van der Waals surface area contributed by atoms with Crippen LogP contribution < -0.4 is 10.6 Å². The molecule has 0 atom stereocenters. The first kappa shape index (κ1) is 15.6. The molecule has 0 fully saturated rings. The van der Waals surface area contributed by atoms with Gasteiger partial charge in [-0.1, -0.05) is 22.0 Å². The molecule has 1 amide bonds. The van der Waals surface area contributed by atoms with Gasteiger partial charge in [0.2, 0.25) is 5.91 Å². The molecule has 0 aliphatic rings. The number of carbonyl (C=O) groups is 1. The number of rotatable bonds is 5. The van der Waals surface area contributed by atoms with Crippen molar-refractivity contribution in [2.75, 3.05) is 11.9 Å². The van der Waals surface area contributed by atoms with Crippen LogP contribution >= 0.6 is 15.9 Å². The van der Waals surface area contributed by atoms with E-state index in [0.29, 0.717) is 5.69 Å². The monoisotopic (exact) mass is 354 g/mol. The average molecular weight is 355 g/mol. The van der Waals surface area contributed by atoms with Crippen LogP contribution in [0.1, 0.15) is 5.56 Å². The fraction of sp³-hybridized carbons (Fsp3) is 0.133. The molecule has 0 bridgehead atoms. The lowest BCUT2D eigenvalue weighted by molar-refractivity contribution is -0.115. The number of anilines is 1. The lowest BCUT2D eigenvalue weighted by Crippen LogP contribution is -2.28. The molecule has 0 spiro atoms. The molecule has 2 N–H and O–H groups in total. The standard InChI is InChI=1S/C15H13BrF2N2O/c16-11-2-1-3-13(7-11)20-15(21)9-19-8-10-6-12(17)4-5-14(10)18/h1-7,19H,8-9H2,(H,20,21). The molecule has 0 aromatic heterocycles. The SMILES string of the molecule is O=C(CNCc1cc(F)ccc1F)Nc1cccc(Br)c1. The van der Waals surface area contributed by atoms with E-state index in [0.717, 1.165) is 22.7 Å². The van der Waals surface area contributed by atoms with Gasteiger partial charge < -0.3 is 10.6 Å². The second kappa shape index (κ2) is 7.28. The fourth-order valence-corrected chi connectivity index (χ4v) is 2.16. The van der Waals surface area contributed by atoms with E-state index in [4.69, 9.17) is 0 Å². The molecule has 21 heavy (non-hydrogen) atoms. The lowest BCUT2D eigenvalue weighted by atomic mass is 10.2. The third-order valence-corrected chi connectivity index (χ3v) is 3.21. The van der Waals surface area contributed by atoms with Crippen LogP contribution in [0, 0.1) is 11.6 Å². The highest BCUT2D eigenvalue weighted by molar-refractivity contribution is 9.10. The van der Waals surface area contributed by atoms with Gasteiger partial charge in [0, 0.05) is 22.3 Å². The first-order valence-corrected chi connectivity index (χ1v) is 7.04. The second-order valence-corrected chi connectivity index (χ2v) is 5.31. The Labute approximate surface area is 129 Å². The van der Waals surface area contributed by atoms with E-state index in [9.17, 15) is 13.6 Å². The van der Waals surface area contributed by atoms with Crippen molar-refractivity contribution in [2.45, 2.75) is 6.54 Å². The Bertz CT molecular complexity index is 649. The summed E-state index contributed by atoms with van der Waals surface area (Å²) in [4.78, 5) is 11.7. The Hall–Kier alpha value is -1.79. The van der Waals surface area contributed by atoms with E-state index in [1.165, 1.54) is 0 Å². The van der Waals surface area contributed by atoms with Gasteiger partial charge in [-0.05, 0) is 36.4 Å². The highest BCUT2D eigenvalue weighted by Crippen LogP contribution is 2.15. The molecular formula is C15H13BrF2N2O. The number of amides is 1. The molecule has 2 rings (SSSR count). The summed E-state index contributed by atoms with van der Waals surface area (Å²) >= 11 is 3.31. The van der Waals surface area contributed by atoms with Gasteiger partial charge in [0.25, 0.3) is 0 Å². The third-order valence-electron chi connectivity index (χ3n) is 2.72. The van der Waals surface area contributed by atoms with Crippen LogP contribution in [-0.2, 0) is 11.3 Å². The molecule has 0 unspecified atom stereocenters. The van der Waals surface area contributed by atoms with Crippen LogP contribution in [0.3, 0.4) is 0 Å². The number of hydrogen-bond acceptors (Lipinski definition) is 2. The Kier molecular flexibility index (Phi) is 5.41. The average Bonchev–Trinajstić information content (AvgIpc) is 2.42. The molecule has 0 saturated heterocycles. The molecule has 3 nitrogen and oxygen atoms in total. The number of hydrogen-bond donors (Lipinski definition) is 2. The maximum absolute atomic E-state index is 13.4. The van der Waals surface area contributed by atoms with Gasteiger partial charge >= 0.3 is 0 Å². The molecule has 0 aliphatic heterocycles. The van der Waals surface area contributed by atoms with Crippen molar-refractivity contribution in [3.63, 3.8) is 0 Å². The molecule has 2 aromatic carbocycles. The quantitative estimate of drug-likeness (QED) is 0.863. The molecule has 6 heteroatoms. The zero-order valence-corrected chi connectivity index (χ0v) is 12.6. The molecule has 0 heterocycles. The minimum absolute atomic E-state index is 0.00245. The van der Waals surface area contributed by atoms with Gasteiger partial charge in [-0.2, -0.15) is 0 Å². The van der Waals surface area contributed by atoms with Crippen LogP contribution in [0.4, 0.5) is 14.5 Å². The Balaban J connectivity index is 1.83. The summed E-state index contributed by atoms with van der Waals surface area (Å²) in [5.41, 5.74) is 0.846. The van der Waals surface area contributed by atoms with Gasteiger partial charge in [0.05, 0.1) is 6.54 Å². The maximum atomic E-state index is 13.4. The molecule has 0 saturated carbocycles. The molecule has 110 valence electrons. The van der Waals surface area contributed by atoms with E-state index in [2.05, 4.69) is 26.6 Å². The van der Waals surface area contributed by atoms with Crippen LogP contribution in [0.2, 0.25) is 0 Å². The van der Waals surface area contributed by atoms with Crippen LogP contribution in [0.25, 0.3) is 0 Å². The van der Waals surface area contributed by atoms with Crippen molar-refractivity contribution in [1.29, 1.82) is 0 Å². The zero-order valence-electron chi connectivity index (χ0n) is 11.0. The second-order valence-electron chi connectivity index (χ2n) is 4.40. The highest BCUT2D eigenvalue weighted by Gasteiger charge is 2.06. The Morgan fingerprint density at radius 3 is 2.71 bits per heavy atom. The minimum Gasteiger partial charge on any atom is -0.325 e. The Morgan fingerprint density at radius 2 is 1.95 bits per heavy atom. The van der Waals surface area contributed by atoms with Crippen LogP contribution in [0.15, 0.2) is 46.9 Å². The summed E-state index contributed by atoms with van der Waals surface area (Å²) in [6.45, 7) is 0.0813. The summed E-state index contributed by atoms with van der Waals surface area (Å²) in [7, 11) is 0. The summed E-state index contributed by atoms with van der Waals surface area (Å²) in [5, 5.41) is 5.47. The van der Waals surface area contributed by atoms with Gasteiger partial charge in [-0.25, -0.2) is 8.78 Å². The first-order valence-electron chi connectivity index (χ1n) is 6.24. The van der Waals surface area contributed by atoms with Crippen molar-refractivity contribution in [3.05, 3.63) is 64.1 Å². The first-order chi connectivity index (χ1) is 10.0. The topological polar surface area (TPSA) is 41.1 Å². The van der Waals surface area contributed by atoms with E-state index >= 15 is 0 Å². The number of halogens is 3. The molecular weight excluding hydrogens is 342 g/mol. The van der Waals surface area contributed by atoms with Crippen molar-refractivity contribution in [3.8, 4) is 0 Å². The summed E-state index contributed by atoms with van der Waals surface area (Å²) in [5.74, 6) is -1.27. The van der Waals surface area contributed by atoms with Crippen LogP contribution in [0.5, 0.6) is 0 Å². The predicted molar refractivity (Wildman–Crippen MR) is 80.8 cm³/mol. The van der Waals surface area contributed by atoms with Crippen molar-refractivity contribution in [2.24, 2.45) is 0 Å². The van der Waals surface area contributed by atoms with E-state index < -0.39 is 11.6 Å². The molecule has 0 radical (unpaired) electrons. The van der Waals surface area contributed by atoms with Crippen LogP contribution in [-0.4, -0.2) is 12.5 Å². The van der Waals surface area contributed by atoms with Crippen molar-refractivity contribution in [1.82, 2.24) is 5.32 Å². The smallest absolute Gasteiger partial charge is 0.238 e. The lowest BCUT2D eigenvalue weighted by Gasteiger charge is -2.08. The molecule has 2 aromatic rings. The van der Waals surface area contributed by atoms with Gasteiger partial charge in [-0.15, -0.1) is 0 Å². The maximum Gasteiger partial charge on any atom is 0.238 e. The zero-order chi connectivity index (χ0) is 15.2. The summed E-state index contributed by atoms with van der Waals surface area (Å²) in [6.07, 6.45) is 0. The van der Waals surface area contributed by atoms with Crippen molar-refractivity contribution < 1.29 is 13.6 Å². The van der Waals surface area contributed by atoms with E-state index in [1.54, 1.807) is 18.2 Å². The third kappa shape index (κ3) is 4.91. The number of carbonyl (C=O) groups excluding carboxylic acids is 1. The highest BCUT2D eigenvalue weighted by atomic mass is 79.9. The largest absolute Gasteiger partial charge is 0.325 e. The minimum atomic E-state index is -0.508. The predicted octanol–water partition coefficient (Wildman–Crippen LogP) is 3.46. The Morgan fingerprint density at radius 1 is 1.14 bits per heavy atom. The van der Waals surface area contributed by atoms with Crippen molar-refractivity contribution >= 4 is 27.5 Å². The van der Waals surface area contributed by atoms with Gasteiger partial charge in [0.15, 0.2) is 0 Å². The summed E-state index contributed by atoms with van der Waals surface area (Å²) < 4.78 is 27.2. The van der Waals surface area contributed by atoms with Gasteiger partial charge in [-0.3, -0.25) is 4.79 Å². The van der Waals surface area contributed by atoms with E-state index in [1.807, 2.05) is 6.07 Å². The fourth-order valence-electron chi connectivity index (χ4n) is 1.76.